The molecular weight excluding hydrogens is 280 g/mol. The third kappa shape index (κ3) is 3.00. The van der Waals surface area contributed by atoms with E-state index in [-0.39, 0.29) is 16.7 Å². The average Bonchev–Trinajstić information content (AvgIpc) is 2.43. The molecule has 1 amide bonds. The third-order valence-electron chi connectivity index (χ3n) is 2.63. The summed E-state index contributed by atoms with van der Waals surface area (Å²) in [6.07, 6.45) is 0. The molecule has 0 saturated heterocycles. The van der Waals surface area contributed by atoms with Gasteiger partial charge in [0, 0.05) is 7.05 Å². The van der Waals surface area contributed by atoms with Crippen molar-refractivity contribution >= 4 is 29.3 Å². The maximum atomic E-state index is 12.1. The van der Waals surface area contributed by atoms with E-state index in [2.05, 4.69) is 30.8 Å². The Hall–Kier alpha value is -2.28. The molecule has 2 heterocycles. The monoisotopic (exact) mass is 292 g/mol. The van der Waals surface area contributed by atoms with Crippen molar-refractivity contribution in [2.75, 3.05) is 17.7 Å². The first kappa shape index (κ1) is 14.1. The lowest BCUT2D eigenvalue weighted by atomic mass is 10.3. The Morgan fingerprint density at radius 2 is 1.90 bits per heavy atom. The standard InChI is InChI=1S/C12H13ClN6O/c1-6-7(2)18-19-12(15-6)17-11(20)10-8(13)4-5-9(14-3)16-10/h4-5H,1-3H3,(H,14,16)(H,15,17,19,20). The highest BCUT2D eigenvalue weighted by Crippen LogP contribution is 2.17. The van der Waals surface area contributed by atoms with E-state index < -0.39 is 5.91 Å². The largest absolute Gasteiger partial charge is 0.373 e. The van der Waals surface area contributed by atoms with Crippen LogP contribution in [0.3, 0.4) is 0 Å². The molecule has 0 radical (unpaired) electrons. The number of hydrogen-bond donors (Lipinski definition) is 2. The maximum absolute atomic E-state index is 12.1. The number of anilines is 2. The van der Waals surface area contributed by atoms with Gasteiger partial charge in [-0.25, -0.2) is 9.97 Å². The smallest absolute Gasteiger partial charge is 0.278 e. The predicted molar refractivity (Wildman–Crippen MR) is 76.0 cm³/mol. The summed E-state index contributed by atoms with van der Waals surface area (Å²) in [5.74, 6) is 0.168. The molecule has 0 atom stereocenters. The van der Waals surface area contributed by atoms with E-state index in [0.717, 1.165) is 0 Å². The van der Waals surface area contributed by atoms with Crippen LogP contribution in [0.15, 0.2) is 12.1 Å². The lowest BCUT2D eigenvalue weighted by molar-refractivity contribution is 0.102. The van der Waals surface area contributed by atoms with Crippen LogP contribution in [0.25, 0.3) is 0 Å². The summed E-state index contributed by atoms with van der Waals surface area (Å²) in [5.41, 5.74) is 1.50. The molecule has 2 rings (SSSR count). The molecule has 8 heteroatoms. The van der Waals surface area contributed by atoms with Gasteiger partial charge in [0.25, 0.3) is 5.91 Å². The van der Waals surface area contributed by atoms with Crippen LogP contribution in [-0.2, 0) is 0 Å². The Labute approximate surface area is 120 Å². The topological polar surface area (TPSA) is 92.7 Å². The first-order chi connectivity index (χ1) is 9.51. The van der Waals surface area contributed by atoms with Crippen molar-refractivity contribution in [2.45, 2.75) is 13.8 Å². The normalized spacial score (nSPS) is 10.2. The molecule has 0 spiro atoms. The quantitative estimate of drug-likeness (QED) is 0.896. The first-order valence-corrected chi connectivity index (χ1v) is 6.22. The van der Waals surface area contributed by atoms with Crippen molar-refractivity contribution in [3.8, 4) is 0 Å². The van der Waals surface area contributed by atoms with E-state index >= 15 is 0 Å². The zero-order valence-corrected chi connectivity index (χ0v) is 12.0. The Morgan fingerprint density at radius 1 is 1.15 bits per heavy atom. The van der Waals surface area contributed by atoms with Gasteiger partial charge in [-0.1, -0.05) is 11.6 Å². The van der Waals surface area contributed by atoms with Crippen LogP contribution >= 0.6 is 11.6 Å². The molecule has 0 bridgehead atoms. The fourth-order valence-electron chi connectivity index (χ4n) is 1.41. The van der Waals surface area contributed by atoms with Crippen molar-refractivity contribution in [3.05, 3.63) is 34.2 Å². The molecule has 0 aliphatic heterocycles. The maximum Gasteiger partial charge on any atom is 0.278 e. The first-order valence-electron chi connectivity index (χ1n) is 5.85. The molecule has 0 aliphatic rings. The summed E-state index contributed by atoms with van der Waals surface area (Å²) >= 11 is 5.96. The second kappa shape index (κ2) is 5.79. The number of carbonyl (C=O) groups is 1. The van der Waals surface area contributed by atoms with Crippen LogP contribution in [0.2, 0.25) is 5.02 Å². The van der Waals surface area contributed by atoms with Crippen molar-refractivity contribution in [3.63, 3.8) is 0 Å². The highest BCUT2D eigenvalue weighted by Gasteiger charge is 2.15. The number of carbonyl (C=O) groups excluding carboxylic acids is 1. The highest BCUT2D eigenvalue weighted by atomic mass is 35.5. The van der Waals surface area contributed by atoms with Crippen LogP contribution in [-0.4, -0.2) is 33.1 Å². The number of nitrogens with zero attached hydrogens (tertiary/aromatic N) is 4. The number of halogens is 1. The van der Waals surface area contributed by atoms with Gasteiger partial charge in [-0.15, -0.1) is 5.10 Å². The van der Waals surface area contributed by atoms with Gasteiger partial charge >= 0.3 is 0 Å². The zero-order valence-electron chi connectivity index (χ0n) is 11.2. The van der Waals surface area contributed by atoms with Crippen molar-refractivity contribution in [1.29, 1.82) is 0 Å². The van der Waals surface area contributed by atoms with Crippen molar-refractivity contribution in [2.24, 2.45) is 0 Å². The third-order valence-corrected chi connectivity index (χ3v) is 2.94. The minimum atomic E-state index is -0.489. The fourth-order valence-corrected chi connectivity index (χ4v) is 1.60. The van der Waals surface area contributed by atoms with Gasteiger partial charge in [-0.3, -0.25) is 10.1 Å². The van der Waals surface area contributed by atoms with Gasteiger partial charge in [-0.2, -0.15) is 5.10 Å². The Morgan fingerprint density at radius 3 is 2.55 bits per heavy atom. The highest BCUT2D eigenvalue weighted by molar-refractivity contribution is 6.34. The summed E-state index contributed by atoms with van der Waals surface area (Å²) in [6, 6.07) is 3.27. The Bertz CT molecular complexity index is 660. The van der Waals surface area contributed by atoms with Gasteiger partial charge in [0.15, 0.2) is 0 Å². The molecular formula is C12H13ClN6O. The summed E-state index contributed by atoms with van der Waals surface area (Å²) in [6.45, 7) is 3.57. The average molecular weight is 293 g/mol. The molecule has 2 N–H and O–H groups in total. The Kier molecular flexibility index (Phi) is 4.09. The number of pyridine rings is 1. The van der Waals surface area contributed by atoms with Gasteiger partial charge in [0.1, 0.15) is 11.5 Å². The second-order valence-corrected chi connectivity index (χ2v) is 4.44. The number of rotatable bonds is 3. The fraction of sp³-hybridized carbons (Fsp3) is 0.250. The SMILES string of the molecule is CNc1ccc(Cl)c(C(=O)Nc2nnc(C)c(C)n2)n1. The molecule has 104 valence electrons. The molecule has 0 fully saturated rings. The van der Waals surface area contributed by atoms with Crippen LogP contribution in [0.1, 0.15) is 21.9 Å². The Balaban J connectivity index is 2.25. The number of nitrogens with one attached hydrogen (secondary N) is 2. The number of aryl methyl sites for hydroxylation is 2. The molecule has 0 unspecified atom stereocenters. The van der Waals surface area contributed by atoms with E-state index in [1.165, 1.54) is 0 Å². The van der Waals surface area contributed by atoms with E-state index in [1.54, 1.807) is 33.0 Å². The predicted octanol–water partition coefficient (Wildman–Crippen LogP) is 1.83. The van der Waals surface area contributed by atoms with Crippen LogP contribution in [0.5, 0.6) is 0 Å². The van der Waals surface area contributed by atoms with Crippen LogP contribution in [0.4, 0.5) is 11.8 Å². The number of amides is 1. The van der Waals surface area contributed by atoms with Gasteiger partial charge < -0.3 is 5.32 Å². The zero-order chi connectivity index (χ0) is 14.7. The minimum absolute atomic E-state index is 0.0975. The van der Waals surface area contributed by atoms with E-state index in [9.17, 15) is 4.79 Å². The van der Waals surface area contributed by atoms with E-state index in [0.29, 0.717) is 17.2 Å². The molecule has 0 aliphatic carbocycles. The van der Waals surface area contributed by atoms with E-state index in [1.807, 2.05) is 0 Å². The second-order valence-electron chi connectivity index (χ2n) is 4.04. The lowest BCUT2D eigenvalue weighted by Gasteiger charge is -2.07. The van der Waals surface area contributed by atoms with Crippen molar-refractivity contribution in [1.82, 2.24) is 20.2 Å². The summed E-state index contributed by atoms with van der Waals surface area (Å²) < 4.78 is 0. The molecule has 7 nitrogen and oxygen atoms in total. The molecule has 2 aromatic rings. The molecule has 20 heavy (non-hydrogen) atoms. The van der Waals surface area contributed by atoms with Gasteiger partial charge in [0.2, 0.25) is 5.95 Å². The summed E-state index contributed by atoms with van der Waals surface area (Å²) in [7, 11) is 1.70. The molecule has 2 aromatic heterocycles. The summed E-state index contributed by atoms with van der Waals surface area (Å²) in [5, 5.41) is 13.3. The van der Waals surface area contributed by atoms with Gasteiger partial charge in [-0.05, 0) is 26.0 Å². The molecule has 0 aromatic carbocycles. The van der Waals surface area contributed by atoms with Crippen LogP contribution < -0.4 is 10.6 Å². The van der Waals surface area contributed by atoms with Gasteiger partial charge in [0.05, 0.1) is 16.4 Å². The minimum Gasteiger partial charge on any atom is -0.373 e. The number of aromatic nitrogens is 4. The van der Waals surface area contributed by atoms with Crippen molar-refractivity contribution < 1.29 is 4.79 Å². The summed E-state index contributed by atoms with van der Waals surface area (Å²) in [4.78, 5) is 20.3. The molecule has 0 saturated carbocycles. The number of hydrogen-bond acceptors (Lipinski definition) is 6. The lowest BCUT2D eigenvalue weighted by Crippen LogP contribution is -2.18. The van der Waals surface area contributed by atoms with Crippen LogP contribution in [0, 0.1) is 13.8 Å². The van der Waals surface area contributed by atoms with E-state index in [4.69, 9.17) is 11.6 Å².